The predicted octanol–water partition coefficient (Wildman–Crippen LogP) is 3.80. The fourth-order valence-electron chi connectivity index (χ4n) is 2.94. The molecule has 0 saturated carbocycles. The third kappa shape index (κ3) is 8.32. The van der Waals surface area contributed by atoms with Crippen LogP contribution in [0.15, 0.2) is 30.3 Å². The maximum Gasteiger partial charge on any atom is 0.307 e. The summed E-state index contributed by atoms with van der Waals surface area (Å²) >= 11 is 0. The molecule has 0 amide bonds. The SMILES string of the molecule is CCC(CCCP(=O)(O)CC(CCC(=O)O)C(=O)O)c1ccccc1. The Morgan fingerprint density at radius 3 is 2.28 bits per heavy atom. The molecule has 1 aromatic rings. The maximum absolute atomic E-state index is 12.3. The first-order valence-corrected chi connectivity index (χ1v) is 10.6. The Balaban J connectivity index is 2.54. The van der Waals surface area contributed by atoms with Gasteiger partial charge >= 0.3 is 11.9 Å². The van der Waals surface area contributed by atoms with Gasteiger partial charge in [0, 0.05) is 18.7 Å². The number of carbonyl (C=O) groups is 2. The Morgan fingerprint density at radius 1 is 1.12 bits per heavy atom. The summed E-state index contributed by atoms with van der Waals surface area (Å²) in [6, 6.07) is 9.96. The largest absolute Gasteiger partial charge is 0.481 e. The molecule has 0 aliphatic carbocycles. The van der Waals surface area contributed by atoms with Crippen LogP contribution in [0.1, 0.15) is 50.5 Å². The van der Waals surface area contributed by atoms with Crippen LogP contribution in [-0.4, -0.2) is 39.4 Å². The highest BCUT2D eigenvalue weighted by molar-refractivity contribution is 7.58. The van der Waals surface area contributed by atoms with Crippen LogP contribution in [0.4, 0.5) is 0 Å². The molecule has 0 fully saturated rings. The van der Waals surface area contributed by atoms with Gasteiger partial charge in [0.15, 0.2) is 0 Å². The van der Waals surface area contributed by atoms with Gasteiger partial charge in [0.05, 0.1) is 5.92 Å². The zero-order valence-corrected chi connectivity index (χ0v) is 15.4. The van der Waals surface area contributed by atoms with Crippen LogP contribution in [-0.2, 0) is 14.2 Å². The van der Waals surface area contributed by atoms with Gasteiger partial charge in [-0.2, -0.15) is 0 Å². The van der Waals surface area contributed by atoms with Crippen LogP contribution in [0.25, 0.3) is 0 Å². The quantitative estimate of drug-likeness (QED) is 0.483. The summed E-state index contributed by atoms with van der Waals surface area (Å²) in [5, 5.41) is 17.8. The second-order valence-corrected chi connectivity index (χ2v) is 8.88. The summed E-state index contributed by atoms with van der Waals surface area (Å²) in [6.45, 7) is 2.07. The Bertz CT molecular complexity index is 601. The van der Waals surface area contributed by atoms with Gasteiger partial charge < -0.3 is 15.1 Å². The fourth-order valence-corrected chi connectivity index (χ4v) is 4.83. The van der Waals surface area contributed by atoms with Crippen LogP contribution in [0, 0.1) is 5.92 Å². The summed E-state index contributed by atoms with van der Waals surface area (Å²) < 4.78 is 12.3. The molecule has 0 aliphatic rings. The molecule has 3 unspecified atom stereocenters. The Kier molecular flexibility index (Phi) is 8.87. The highest BCUT2D eigenvalue weighted by Gasteiger charge is 2.29. The van der Waals surface area contributed by atoms with Crippen molar-refractivity contribution in [2.45, 2.75) is 44.9 Å². The molecule has 0 aliphatic heterocycles. The fraction of sp³-hybridized carbons (Fsp3) is 0.556. The van der Waals surface area contributed by atoms with Crippen molar-refractivity contribution in [1.29, 1.82) is 0 Å². The number of benzene rings is 1. The maximum atomic E-state index is 12.3. The van der Waals surface area contributed by atoms with E-state index in [4.69, 9.17) is 10.2 Å². The third-order valence-corrected chi connectivity index (χ3v) is 6.41. The van der Waals surface area contributed by atoms with E-state index in [1.165, 1.54) is 5.56 Å². The van der Waals surface area contributed by atoms with E-state index < -0.39 is 25.2 Å². The molecule has 3 atom stereocenters. The summed E-state index contributed by atoms with van der Waals surface area (Å²) in [6.07, 6.45) is 1.48. The summed E-state index contributed by atoms with van der Waals surface area (Å²) in [4.78, 5) is 31.9. The van der Waals surface area contributed by atoms with Crippen LogP contribution in [0.2, 0.25) is 0 Å². The van der Waals surface area contributed by atoms with E-state index in [2.05, 4.69) is 6.92 Å². The van der Waals surface area contributed by atoms with Crippen molar-refractivity contribution >= 4 is 19.3 Å². The number of carboxylic acids is 2. The molecule has 0 saturated heterocycles. The molecule has 1 aromatic carbocycles. The Morgan fingerprint density at radius 2 is 1.76 bits per heavy atom. The topological polar surface area (TPSA) is 112 Å². The molecule has 25 heavy (non-hydrogen) atoms. The zero-order valence-electron chi connectivity index (χ0n) is 14.5. The normalized spacial score (nSPS) is 15.9. The predicted molar refractivity (Wildman–Crippen MR) is 96.3 cm³/mol. The van der Waals surface area contributed by atoms with Gasteiger partial charge in [0.1, 0.15) is 0 Å². The summed E-state index contributed by atoms with van der Waals surface area (Å²) in [5.41, 5.74) is 1.20. The van der Waals surface area contributed by atoms with E-state index in [-0.39, 0.29) is 25.2 Å². The summed E-state index contributed by atoms with van der Waals surface area (Å²) in [5.74, 6) is -3.11. The van der Waals surface area contributed by atoms with Crippen LogP contribution >= 0.6 is 7.37 Å². The average Bonchev–Trinajstić information content (AvgIpc) is 2.56. The third-order valence-electron chi connectivity index (χ3n) is 4.39. The van der Waals surface area contributed by atoms with Crippen LogP contribution in [0.3, 0.4) is 0 Å². The van der Waals surface area contributed by atoms with Crippen molar-refractivity contribution in [3.8, 4) is 0 Å². The lowest BCUT2D eigenvalue weighted by molar-refractivity contribution is -0.142. The van der Waals surface area contributed by atoms with Crippen molar-refractivity contribution in [2.75, 3.05) is 12.3 Å². The van der Waals surface area contributed by atoms with E-state index >= 15 is 0 Å². The van der Waals surface area contributed by atoms with Gasteiger partial charge in [-0.25, -0.2) is 0 Å². The minimum atomic E-state index is -3.59. The van der Waals surface area contributed by atoms with E-state index in [1.54, 1.807) is 0 Å². The average molecular weight is 370 g/mol. The van der Waals surface area contributed by atoms with E-state index in [0.29, 0.717) is 12.3 Å². The van der Waals surface area contributed by atoms with Gasteiger partial charge in [0.2, 0.25) is 7.37 Å². The minimum absolute atomic E-state index is 0.0627. The van der Waals surface area contributed by atoms with Crippen molar-refractivity contribution in [1.82, 2.24) is 0 Å². The molecule has 0 bridgehead atoms. The van der Waals surface area contributed by atoms with Crippen molar-refractivity contribution in [3.05, 3.63) is 35.9 Å². The Labute approximate surface area is 148 Å². The molecule has 0 spiro atoms. The van der Waals surface area contributed by atoms with Crippen LogP contribution < -0.4 is 0 Å². The molecule has 0 radical (unpaired) electrons. The lowest BCUT2D eigenvalue weighted by atomic mass is 9.92. The molecule has 1 rings (SSSR count). The number of aliphatic carboxylic acids is 2. The van der Waals surface area contributed by atoms with Gasteiger partial charge in [-0.05, 0) is 37.2 Å². The van der Waals surface area contributed by atoms with Gasteiger partial charge in [-0.3, -0.25) is 14.2 Å². The van der Waals surface area contributed by atoms with E-state index in [0.717, 1.165) is 12.8 Å². The molecule has 7 heteroatoms. The summed E-state index contributed by atoms with van der Waals surface area (Å²) in [7, 11) is -3.59. The zero-order chi connectivity index (χ0) is 18.9. The highest BCUT2D eigenvalue weighted by atomic mass is 31.2. The highest BCUT2D eigenvalue weighted by Crippen LogP contribution is 2.45. The van der Waals surface area contributed by atoms with Crippen LogP contribution in [0.5, 0.6) is 0 Å². The molecule has 6 nitrogen and oxygen atoms in total. The number of rotatable bonds is 12. The second-order valence-electron chi connectivity index (χ2n) is 6.38. The van der Waals surface area contributed by atoms with Gasteiger partial charge in [-0.15, -0.1) is 0 Å². The number of hydrogen-bond donors (Lipinski definition) is 3. The lowest BCUT2D eigenvalue weighted by Gasteiger charge is -2.19. The number of carboxylic acid groups (broad SMARTS) is 2. The molecule has 0 aromatic heterocycles. The standard InChI is InChI=1S/C18H27O6P/c1-2-14(15-7-4-3-5-8-15)9-6-12-25(23,24)13-16(18(21)22)10-11-17(19)20/h3-5,7-8,14,16H,2,6,9-13H2,1H3,(H,19,20)(H,21,22)(H,23,24). The molecule has 140 valence electrons. The number of hydrogen-bond acceptors (Lipinski definition) is 3. The van der Waals surface area contributed by atoms with E-state index in [1.807, 2.05) is 30.3 Å². The molecule has 3 N–H and O–H groups in total. The van der Waals surface area contributed by atoms with E-state index in [9.17, 15) is 19.0 Å². The first-order chi connectivity index (χ1) is 11.7. The van der Waals surface area contributed by atoms with Gasteiger partial charge in [0.25, 0.3) is 0 Å². The molecular weight excluding hydrogens is 343 g/mol. The first-order valence-electron chi connectivity index (χ1n) is 8.55. The smallest absolute Gasteiger partial charge is 0.307 e. The second kappa shape index (κ2) is 10.4. The Hall–Kier alpha value is -1.65. The van der Waals surface area contributed by atoms with Crippen molar-refractivity contribution < 1.29 is 29.3 Å². The van der Waals surface area contributed by atoms with Crippen molar-refractivity contribution in [3.63, 3.8) is 0 Å². The lowest BCUT2D eigenvalue weighted by Crippen LogP contribution is -2.20. The van der Waals surface area contributed by atoms with Crippen molar-refractivity contribution in [2.24, 2.45) is 5.92 Å². The monoisotopic (exact) mass is 370 g/mol. The molecule has 0 heterocycles. The van der Waals surface area contributed by atoms with Gasteiger partial charge in [-0.1, -0.05) is 37.3 Å². The first kappa shape index (κ1) is 21.4. The molecular formula is C18H27O6P. The minimum Gasteiger partial charge on any atom is -0.481 e.